The van der Waals surface area contributed by atoms with Crippen LogP contribution in [0.4, 0.5) is 0 Å². The summed E-state index contributed by atoms with van der Waals surface area (Å²) >= 11 is 0. The van der Waals surface area contributed by atoms with Crippen LogP contribution < -0.4 is 0 Å². The smallest absolute Gasteiger partial charge is 0.111 e. The number of hydrogen-bond acceptors (Lipinski definition) is 8. The van der Waals surface area contributed by atoms with Crippen molar-refractivity contribution in [1.29, 1.82) is 0 Å². The number of ether oxygens (including phenoxy) is 8. The molecule has 0 heterocycles. The average molecular weight is 521 g/mol. The molecule has 36 heavy (non-hydrogen) atoms. The fourth-order valence-electron chi connectivity index (χ4n) is 3.30. The quantitative estimate of drug-likeness (QED) is 0.0865. The molecule has 8 nitrogen and oxygen atoms in total. The maximum atomic E-state index is 5.63. The molecule has 0 aliphatic carbocycles. The van der Waals surface area contributed by atoms with Gasteiger partial charge in [0.25, 0.3) is 0 Å². The molecule has 0 unspecified atom stereocenters. The van der Waals surface area contributed by atoms with Gasteiger partial charge in [0.15, 0.2) is 0 Å². The first-order valence-electron chi connectivity index (χ1n) is 14.2. The molecule has 0 aromatic carbocycles. The molecule has 0 bridgehead atoms. The fourth-order valence-corrected chi connectivity index (χ4v) is 3.30. The number of rotatable bonds is 33. The van der Waals surface area contributed by atoms with Gasteiger partial charge in [-0.05, 0) is 6.42 Å². The van der Waals surface area contributed by atoms with Crippen LogP contribution >= 0.6 is 0 Å². The van der Waals surface area contributed by atoms with E-state index in [0.29, 0.717) is 92.5 Å². The Bertz CT molecular complexity index is 398. The SMILES string of the molecule is C=COCCOCCOCCOCCOCCOCCOCCOCCCCCCCCCCCC. The zero-order valence-electron chi connectivity index (χ0n) is 23.2. The Morgan fingerprint density at radius 3 is 0.972 bits per heavy atom. The maximum absolute atomic E-state index is 5.63. The largest absolute Gasteiger partial charge is 0.499 e. The van der Waals surface area contributed by atoms with Gasteiger partial charge in [-0.15, -0.1) is 0 Å². The van der Waals surface area contributed by atoms with Crippen molar-refractivity contribution < 1.29 is 37.9 Å². The van der Waals surface area contributed by atoms with Crippen LogP contribution in [-0.2, 0) is 37.9 Å². The Morgan fingerprint density at radius 1 is 0.361 bits per heavy atom. The summed E-state index contributed by atoms with van der Waals surface area (Å²) < 4.78 is 43.2. The Labute approximate surface area is 221 Å². The van der Waals surface area contributed by atoms with Crippen LogP contribution in [0.5, 0.6) is 0 Å². The zero-order valence-corrected chi connectivity index (χ0v) is 23.2. The summed E-state index contributed by atoms with van der Waals surface area (Å²) in [5.41, 5.74) is 0. The summed E-state index contributed by atoms with van der Waals surface area (Å²) in [6.07, 6.45) is 14.9. The summed E-state index contributed by atoms with van der Waals surface area (Å²) in [6, 6.07) is 0. The highest BCUT2D eigenvalue weighted by molar-refractivity contribution is 4.48. The second-order valence-corrected chi connectivity index (χ2v) is 8.51. The molecular formula is C28H56O8. The molecule has 0 saturated heterocycles. The van der Waals surface area contributed by atoms with Gasteiger partial charge in [-0.2, -0.15) is 0 Å². The van der Waals surface area contributed by atoms with Crippen molar-refractivity contribution in [2.45, 2.75) is 71.1 Å². The van der Waals surface area contributed by atoms with Gasteiger partial charge >= 0.3 is 0 Å². The Hall–Kier alpha value is -0.740. The third-order valence-electron chi connectivity index (χ3n) is 5.34. The fraction of sp³-hybridized carbons (Fsp3) is 0.929. The summed E-state index contributed by atoms with van der Waals surface area (Å²) in [5, 5.41) is 0. The second-order valence-electron chi connectivity index (χ2n) is 8.51. The molecule has 0 aliphatic heterocycles. The monoisotopic (exact) mass is 520 g/mol. The van der Waals surface area contributed by atoms with E-state index >= 15 is 0 Å². The minimum absolute atomic E-state index is 0.514. The lowest BCUT2D eigenvalue weighted by Crippen LogP contribution is -2.14. The standard InChI is InChI=1S/C28H56O8/c1-3-5-6-7-8-9-10-11-12-13-14-30-17-18-32-21-22-34-25-26-36-28-27-35-24-23-33-20-19-31-16-15-29-4-2/h4H,2-3,5-28H2,1H3. The molecule has 8 heteroatoms. The van der Waals surface area contributed by atoms with E-state index in [1.807, 2.05) is 0 Å². The van der Waals surface area contributed by atoms with Crippen LogP contribution in [0.3, 0.4) is 0 Å². The van der Waals surface area contributed by atoms with E-state index in [4.69, 9.17) is 37.9 Å². The third kappa shape index (κ3) is 33.3. The van der Waals surface area contributed by atoms with Crippen molar-refractivity contribution in [2.75, 3.05) is 99.1 Å². The molecule has 0 aromatic heterocycles. The molecule has 0 atom stereocenters. The predicted molar refractivity (Wildman–Crippen MR) is 144 cm³/mol. The molecule has 0 radical (unpaired) electrons. The highest BCUT2D eigenvalue weighted by Gasteiger charge is 1.96. The molecule has 0 N–H and O–H groups in total. The van der Waals surface area contributed by atoms with Gasteiger partial charge in [-0.1, -0.05) is 71.3 Å². The van der Waals surface area contributed by atoms with E-state index in [-0.39, 0.29) is 0 Å². The number of unbranched alkanes of at least 4 members (excludes halogenated alkanes) is 9. The molecule has 0 saturated carbocycles. The van der Waals surface area contributed by atoms with Crippen LogP contribution in [-0.4, -0.2) is 99.1 Å². The van der Waals surface area contributed by atoms with Crippen molar-refractivity contribution in [3.05, 3.63) is 12.8 Å². The normalized spacial score (nSPS) is 11.2. The second kappa shape index (κ2) is 34.3. The highest BCUT2D eigenvalue weighted by atomic mass is 16.6. The van der Waals surface area contributed by atoms with Gasteiger partial charge in [0.05, 0.1) is 92.2 Å². The van der Waals surface area contributed by atoms with Crippen LogP contribution in [0, 0.1) is 0 Å². The molecule has 0 aliphatic rings. The van der Waals surface area contributed by atoms with E-state index < -0.39 is 0 Å². The first-order valence-corrected chi connectivity index (χ1v) is 14.2. The third-order valence-corrected chi connectivity index (χ3v) is 5.34. The van der Waals surface area contributed by atoms with Crippen molar-refractivity contribution >= 4 is 0 Å². The van der Waals surface area contributed by atoms with Gasteiger partial charge in [0.1, 0.15) is 6.61 Å². The van der Waals surface area contributed by atoms with E-state index in [0.717, 1.165) is 13.0 Å². The van der Waals surface area contributed by atoms with E-state index in [2.05, 4.69) is 13.5 Å². The molecular weight excluding hydrogens is 464 g/mol. The zero-order chi connectivity index (χ0) is 26.0. The maximum Gasteiger partial charge on any atom is 0.111 e. The van der Waals surface area contributed by atoms with Gasteiger partial charge in [0.2, 0.25) is 0 Å². The Kier molecular flexibility index (Phi) is 33.6. The first-order chi connectivity index (χ1) is 17.9. The van der Waals surface area contributed by atoms with Crippen LogP contribution in [0.25, 0.3) is 0 Å². The van der Waals surface area contributed by atoms with Gasteiger partial charge in [0, 0.05) is 6.61 Å². The Balaban J connectivity index is 3.00. The van der Waals surface area contributed by atoms with E-state index in [9.17, 15) is 0 Å². The summed E-state index contributed by atoms with van der Waals surface area (Å²) in [5.74, 6) is 0. The molecule has 0 fully saturated rings. The summed E-state index contributed by atoms with van der Waals surface area (Å²) in [7, 11) is 0. The van der Waals surface area contributed by atoms with Crippen molar-refractivity contribution in [3.63, 3.8) is 0 Å². The van der Waals surface area contributed by atoms with Gasteiger partial charge in [-0.3, -0.25) is 0 Å². The summed E-state index contributed by atoms with van der Waals surface area (Å²) in [4.78, 5) is 0. The lowest BCUT2D eigenvalue weighted by molar-refractivity contribution is -0.0217. The average Bonchev–Trinajstić information content (AvgIpc) is 2.89. The van der Waals surface area contributed by atoms with Gasteiger partial charge < -0.3 is 37.9 Å². The van der Waals surface area contributed by atoms with Gasteiger partial charge in [-0.25, -0.2) is 0 Å². The van der Waals surface area contributed by atoms with E-state index in [1.165, 1.54) is 64.0 Å². The van der Waals surface area contributed by atoms with Crippen LogP contribution in [0.1, 0.15) is 71.1 Å². The van der Waals surface area contributed by atoms with Crippen molar-refractivity contribution in [2.24, 2.45) is 0 Å². The summed E-state index contributed by atoms with van der Waals surface area (Å²) in [6.45, 7) is 14.4. The molecule has 0 spiro atoms. The van der Waals surface area contributed by atoms with Crippen molar-refractivity contribution in [3.8, 4) is 0 Å². The number of hydrogen-bond donors (Lipinski definition) is 0. The first kappa shape index (κ1) is 35.3. The minimum Gasteiger partial charge on any atom is -0.499 e. The van der Waals surface area contributed by atoms with Crippen LogP contribution in [0.15, 0.2) is 12.8 Å². The van der Waals surface area contributed by atoms with E-state index in [1.54, 1.807) is 0 Å². The molecule has 216 valence electrons. The van der Waals surface area contributed by atoms with Crippen molar-refractivity contribution in [1.82, 2.24) is 0 Å². The molecule has 0 aromatic rings. The topological polar surface area (TPSA) is 73.8 Å². The predicted octanol–water partition coefficient (Wildman–Crippen LogP) is 5.18. The lowest BCUT2D eigenvalue weighted by atomic mass is 10.1. The molecule has 0 amide bonds. The lowest BCUT2D eigenvalue weighted by Gasteiger charge is -2.08. The van der Waals surface area contributed by atoms with Crippen LogP contribution in [0.2, 0.25) is 0 Å². The Morgan fingerprint density at radius 2 is 0.639 bits per heavy atom. The minimum atomic E-state index is 0.514. The highest BCUT2D eigenvalue weighted by Crippen LogP contribution is 2.10. The molecule has 0 rings (SSSR count).